The van der Waals surface area contributed by atoms with Gasteiger partial charge in [0.1, 0.15) is 5.75 Å². The molecule has 0 aliphatic carbocycles. The zero-order valence-electron chi connectivity index (χ0n) is 11.2. The van der Waals surface area contributed by atoms with E-state index in [1.54, 1.807) is 0 Å². The van der Waals surface area contributed by atoms with Gasteiger partial charge in [-0.3, -0.25) is 0 Å². The van der Waals surface area contributed by atoms with E-state index in [1.807, 2.05) is 35.6 Å². The van der Waals surface area contributed by atoms with E-state index < -0.39 is 0 Å². The molecule has 0 spiro atoms. The number of nitrogens with zero attached hydrogens (tertiary/aromatic N) is 1. The molecule has 1 N–H and O–H groups in total. The van der Waals surface area contributed by atoms with Crippen molar-refractivity contribution in [3.8, 4) is 5.75 Å². The number of aryl methyl sites for hydroxylation is 1. The Morgan fingerprint density at radius 1 is 1.30 bits per heavy atom. The molecule has 0 bridgehead atoms. The van der Waals surface area contributed by atoms with Crippen LogP contribution in [-0.4, -0.2) is 18.1 Å². The molecule has 3 nitrogen and oxygen atoms in total. The van der Waals surface area contributed by atoms with Gasteiger partial charge in [-0.1, -0.05) is 11.6 Å². The lowest BCUT2D eigenvalue weighted by atomic mass is 10.2. The summed E-state index contributed by atoms with van der Waals surface area (Å²) in [6.45, 7) is 2.74. The van der Waals surface area contributed by atoms with E-state index in [9.17, 15) is 0 Å². The van der Waals surface area contributed by atoms with Crippen LogP contribution in [-0.2, 0) is 19.4 Å². The lowest BCUT2D eigenvalue weighted by molar-refractivity contribution is 0.311. The van der Waals surface area contributed by atoms with Crippen LogP contribution in [0.25, 0.3) is 0 Å². The second-order valence-electron chi connectivity index (χ2n) is 4.81. The molecule has 1 aliphatic heterocycles. The van der Waals surface area contributed by atoms with E-state index in [-0.39, 0.29) is 0 Å². The zero-order valence-corrected chi connectivity index (χ0v) is 12.8. The molecular weight excluding hydrogens is 292 g/mol. The van der Waals surface area contributed by atoms with Gasteiger partial charge < -0.3 is 10.1 Å². The van der Waals surface area contributed by atoms with Crippen molar-refractivity contribution in [1.29, 1.82) is 0 Å². The number of nitrogens with one attached hydrogen (secondary N) is 1. The fraction of sp³-hybridized carbons (Fsp3) is 0.400. The van der Waals surface area contributed by atoms with Crippen molar-refractivity contribution in [2.45, 2.75) is 25.8 Å². The third-order valence-corrected chi connectivity index (χ3v) is 4.67. The maximum Gasteiger partial charge on any atom is 0.119 e. The molecule has 1 aromatic heterocycles. The number of hydrogen-bond donors (Lipinski definition) is 1. The Balaban J connectivity index is 1.45. The van der Waals surface area contributed by atoms with Crippen molar-refractivity contribution >= 4 is 22.9 Å². The van der Waals surface area contributed by atoms with Crippen molar-refractivity contribution in [2.24, 2.45) is 0 Å². The van der Waals surface area contributed by atoms with Crippen LogP contribution in [0.3, 0.4) is 0 Å². The number of rotatable bonds is 5. The molecule has 0 saturated carbocycles. The van der Waals surface area contributed by atoms with Crippen molar-refractivity contribution in [3.05, 3.63) is 44.9 Å². The summed E-state index contributed by atoms with van der Waals surface area (Å²) >= 11 is 7.67. The molecule has 0 amide bonds. The third-order valence-electron chi connectivity index (χ3n) is 3.26. The molecular formula is C15H17ClN2OS. The summed E-state index contributed by atoms with van der Waals surface area (Å²) in [4.78, 5) is 6.12. The summed E-state index contributed by atoms with van der Waals surface area (Å²) in [5, 5.41) is 5.35. The molecule has 0 atom stereocenters. The van der Waals surface area contributed by atoms with Crippen LogP contribution in [0.4, 0.5) is 0 Å². The van der Waals surface area contributed by atoms with Gasteiger partial charge in [0, 0.05) is 35.8 Å². The van der Waals surface area contributed by atoms with Crippen LogP contribution >= 0.6 is 22.9 Å². The first-order chi connectivity index (χ1) is 9.81. The lowest BCUT2D eigenvalue weighted by Crippen LogP contribution is -2.22. The normalized spacial score (nSPS) is 14.1. The molecule has 1 aliphatic rings. The summed E-state index contributed by atoms with van der Waals surface area (Å²) in [7, 11) is 0. The highest BCUT2D eigenvalue weighted by Crippen LogP contribution is 2.22. The number of thiazole rings is 1. The molecule has 0 unspecified atom stereocenters. The summed E-state index contributed by atoms with van der Waals surface area (Å²) in [5.74, 6) is 0.872. The standard InChI is InChI=1S/C15H17ClN2OS/c16-11-3-5-12(6-4-11)19-9-1-2-15-18-13-7-8-17-10-14(13)20-15/h3-6,17H,1-2,7-10H2. The Bertz CT molecular complexity index is 544. The van der Waals surface area contributed by atoms with Crippen LogP contribution < -0.4 is 10.1 Å². The van der Waals surface area contributed by atoms with E-state index in [4.69, 9.17) is 21.3 Å². The number of halogens is 1. The lowest BCUT2D eigenvalue weighted by Gasteiger charge is -2.09. The largest absolute Gasteiger partial charge is 0.494 e. The highest BCUT2D eigenvalue weighted by Gasteiger charge is 2.14. The quantitative estimate of drug-likeness (QED) is 0.859. The molecule has 5 heteroatoms. The Kier molecular flexibility index (Phi) is 4.55. The van der Waals surface area contributed by atoms with Crippen LogP contribution in [0.15, 0.2) is 24.3 Å². The number of ether oxygens (including phenoxy) is 1. The zero-order chi connectivity index (χ0) is 13.8. The minimum atomic E-state index is 0.712. The summed E-state index contributed by atoms with van der Waals surface area (Å²) in [6, 6.07) is 7.49. The van der Waals surface area contributed by atoms with Crippen LogP contribution in [0.2, 0.25) is 5.02 Å². The Hall–Kier alpha value is -1.10. The predicted molar refractivity (Wildman–Crippen MR) is 82.8 cm³/mol. The first kappa shape index (κ1) is 13.9. The number of fused-ring (bicyclic) bond motifs is 1. The predicted octanol–water partition coefficient (Wildman–Crippen LogP) is 3.45. The van der Waals surface area contributed by atoms with Gasteiger partial charge in [0.2, 0.25) is 0 Å². The van der Waals surface area contributed by atoms with E-state index >= 15 is 0 Å². The molecule has 106 valence electrons. The fourth-order valence-electron chi connectivity index (χ4n) is 2.23. The molecule has 0 radical (unpaired) electrons. The Labute approximate surface area is 127 Å². The fourth-order valence-corrected chi connectivity index (χ4v) is 3.48. The Morgan fingerprint density at radius 2 is 2.15 bits per heavy atom. The van der Waals surface area contributed by atoms with Gasteiger partial charge in [0.25, 0.3) is 0 Å². The van der Waals surface area contributed by atoms with Gasteiger partial charge in [0.15, 0.2) is 0 Å². The van der Waals surface area contributed by atoms with E-state index in [2.05, 4.69) is 5.32 Å². The van der Waals surface area contributed by atoms with Crippen LogP contribution in [0.1, 0.15) is 22.0 Å². The topological polar surface area (TPSA) is 34.1 Å². The van der Waals surface area contributed by atoms with Gasteiger partial charge >= 0.3 is 0 Å². The SMILES string of the molecule is Clc1ccc(OCCCc2nc3c(s2)CNCC3)cc1. The maximum atomic E-state index is 5.84. The van der Waals surface area contributed by atoms with Crippen molar-refractivity contribution in [3.63, 3.8) is 0 Å². The number of hydrogen-bond acceptors (Lipinski definition) is 4. The van der Waals surface area contributed by atoms with E-state index in [0.717, 1.165) is 43.1 Å². The molecule has 0 fully saturated rings. The summed E-state index contributed by atoms with van der Waals surface area (Å²) in [6.07, 6.45) is 3.04. The van der Waals surface area contributed by atoms with Gasteiger partial charge in [-0.25, -0.2) is 4.98 Å². The maximum absolute atomic E-state index is 5.84. The number of aromatic nitrogens is 1. The summed E-state index contributed by atoms with van der Waals surface area (Å²) < 4.78 is 5.69. The third kappa shape index (κ3) is 3.51. The van der Waals surface area contributed by atoms with Crippen LogP contribution in [0, 0.1) is 0 Å². The first-order valence-electron chi connectivity index (χ1n) is 6.88. The Morgan fingerprint density at radius 3 is 2.95 bits per heavy atom. The van der Waals surface area contributed by atoms with Gasteiger partial charge in [-0.2, -0.15) is 0 Å². The highest BCUT2D eigenvalue weighted by atomic mass is 35.5. The van der Waals surface area contributed by atoms with E-state index in [1.165, 1.54) is 15.6 Å². The summed E-state index contributed by atoms with van der Waals surface area (Å²) in [5.41, 5.74) is 1.29. The molecule has 3 rings (SSSR count). The van der Waals surface area contributed by atoms with Gasteiger partial charge in [-0.05, 0) is 30.7 Å². The van der Waals surface area contributed by atoms with Gasteiger partial charge in [-0.15, -0.1) is 11.3 Å². The smallest absolute Gasteiger partial charge is 0.119 e. The molecule has 0 saturated heterocycles. The molecule has 20 heavy (non-hydrogen) atoms. The van der Waals surface area contributed by atoms with Gasteiger partial charge in [0.05, 0.1) is 17.3 Å². The van der Waals surface area contributed by atoms with Crippen molar-refractivity contribution in [2.75, 3.05) is 13.2 Å². The van der Waals surface area contributed by atoms with Crippen molar-refractivity contribution < 1.29 is 4.74 Å². The monoisotopic (exact) mass is 308 g/mol. The number of benzene rings is 1. The van der Waals surface area contributed by atoms with Crippen molar-refractivity contribution in [1.82, 2.24) is 10.3 Å². The second-order valence-corrected chi connectivity index (χ2v) is 6.41. The second kappa shape index (κ2) is 6.57. The minimum absolute atomic E-state index is 0.712. The molecule has 2 aromatic rings. The molecule has 2 heterocycles. The van der Waals surface area contributed by atoms with E-state index in [0.29, 0.717) is 6.61 Å². The first-order valence-corrected chi connectivity index (χ1v) is 8.07. The average molecular weight is 309 g/mol. The van der Waals surface area contributed by atoms with Crippen LogP contribution in [0.5, 0.6) is 5.75 Å². The molecule has 1 aromatic carbocycles. The minimum Gasteiger partial charge on any atom is -0.494 e. The average Bonchev–Trinajstić information content (AvgIpc) is 2.88. The highest BCUT2D eigenvalue weighted by molar-refractivity contribution is 7.11.